The Morgan fingerprint density at radius 2 is 2.53 bits per heavy atom. The van der Waals surface area contributed by atoms with Crippen LogP contribution >= 0.6 is 11.3 Å². The van der Waals surface area contributed by atoms with Crippen LogP contribution in [0.25, 0.3) is 0 Å². The van der Waals surface area contributed by atoms with Crippen LogP contribution in [0.15, 0.2) is 24.2 Å². The van der Waals surface area contributed by atoms with E-state index in [1.165, 1.54) is 5.01 Å². The lowest BCUT2D eigenvalue weighted by Crippen LogP contribution is -2.51. The van der Waals surface area contributed by atoms with Crippen molar-refractivity contribution in [2.45, 2.75) is 37.6 Å². The third kappa shape index (κ3) is 2.89. The molecule has 0 radical (unpaired) electrons. The highest BCUT2D eigenvalue weighted by molar-refractivity contribution is 7.09. The average Bonchev–Trinajstić information content (AvgIpc) is 3.06. The van der Waals surface area contributed by atoms with Gasteiger partial charge in [0.2, 0.25) is 0 Å². The molecule has 1 aromatic heterocycles. The Morgan fingerprint density at radius 3 is 3.32 bits per heavy atom. The van der Waals surface area contributed by atoms with Crippen LogP contribution in [-0.4, -0.2) is 47.9 Å². The van der Waals surface area contributed by atoms with Gasteiger partial charge < -0.3 is 9.47 Å². The average molecular weight is 280 g/mol. The van der Waals surface area contributed by atoms with Crippen LogP contribution in [-0.2, 0) is 16.0 Å². The third-order valence-corrected chi connectivity index (χ3v) is 4.66. The zero-order valence-corrected chi connectivity index (χ0v) is 11.8. The lowest BCUT2D eigenvalue weighted by Gasteiger charge is -2.38. The predicted octanol–water partition coefficient (Wildman–Crippen LogP) is 2.08. The van der Waals surface area contributed by atoms with Gasteiger partial charge in [0.15, 0.2) is 0 Å². The fraction of sp³-hybridized carbons (Fsp3) is 0.643. The van der Waals surface area contributed by atoms with Gasteiger partial charge in [-0.2, -0.15) is 0 Å². The second-order valence-corrected chi connectivity index (χ2v) is 6.02. The number of aromatic nitrogens is 1. The van der Waals surface area contributed by atoms with Crippen LogP contribution in [0.4, 0.5) is 0 Å². The lowest BCUT2D eigenvalue weighted by atomic mass is 10.1. The standard InChI is InChI=1S/C14H20N2O2S/c1-2-7-17-12-4-3-11-14(12)18-8-6-16(11)10-13-15-5-9-19-13/h2,5,9,11-12,14H,1,3-4,6-8,10H2/t11-,12-,14+/m0/s1. The molecule has 104 valence electrons. The SMILES string of the molecule is C=CCO[C@H]1CC[C@H]2[C@H]1OCCN2Cc1nccs1. The summed E-state index contributed by atoms with van der Waals surface area (Å²) in [4.78, 5) is 6.89. The van der Waals surface area contributed by atoms with E-state index in [0.717, 1.165) is 32.5 Å². The molecule has 2 fully saturated rings. The summed E-state index contributed by atoms with van der Waals surface area (Å²) >= 11 is 1.73. The quantitative estimate of drug-likeness (QED) is 0.774. The summed E-state index contributed by atoms with van der Waals surface area (Å²) in [6.45, 7) is 7.05. The van der Waals surface area contributed by atoms with Crippen LogP contribution in [0.1, 0.15) is 17.8 Å². The first-order valence-electron chi connectivity index (χ1n) is 6.85. The first-order chi connectivity index (χ1) is 9.38. The Balaban J connectivity index is 1.63. The van der Waals surface area contributed by atoms with Crippen molar-refractivity contribution >= 4 is 11.3 Å². The second-order valence-electron chi connectivity index (χ2n) is 5.04. The molecule has 19 heavy (non-hydrogen) atoms. The predicted molar refractivity (Wildman–Crippen MR) is 75.2 cm³/mol. The minimum atomic E-state index is 0.216. The van der Waals surface area contributed by atoms with Gasteiger partial charge in [-0.3, -0.25) is 4.90 Å². The van der Waals surface area contributed by atoms with Crippen LogP contribution in [0, 0.1) is 0 Å². The number of hydrogen-bond donors (Lipinski definition) is 0. The summed E-state index contributed by atoms with van der Waals surface area (Å²) in [5, 5.41) is 3.23. The summed E-state index contributed by atoms with van der Waals surface area (Å²) in [5.41, 5.74) is 0. The molecule has 2 aliphatic rings. The van der Waals surface area contributed by atoms with Gasteiger partial charge in [-0.15, -0.1) is 17.9 Å². The topological polar surface area (TPSA) is 34.6 Å². The van der Waals surface area contributed by atoms with Gasteiger partial charge in [-0.1, -0.05) is 6.08 Å². The summed E-state index contributed by atoms with van der Waals surface area (Å²) in [6.07, 6.45) is 6.36. The molecule has 0 N–H and O–H groups in total. The Kier molecular flexibility index (Phi) is 4.28. The Hall–Kier alpha value is -0.750. The van der Waals surface area contributed by atoms with E-state index in [2.05, 4.69) is 16.5 Å². The van der Waals surface area contributed by atoms with Crippen molar-refractivity contribution in [2.24, 2.45) is 0 Å². The number of ether oxygens (including phenoxy) is 2. The molecule has 5 heteroatoms. The van der Waals surface area contributed by atoms with E-state index in [4.69, 9.17) is 9.47 Å². The number of fused-ring (bicyclic) bond motifs is 1. The number of rotatable bonds is 5. The van der Waals surface area contributed by atoms with E-state index in [0.29, 0.717) is 12.6 Å². The van der Waals surface area contributed by atoms with Crippen LogP contribution < -0.4 is 0 Å². The molecule has 1 aromatic rings. The van der Waals surface area contributed by atoms with Gasteiger partial charge in [-0.05, 0) is 12.8 Å². The number of hydrogen-bond acceptors (Lipinski definition) is 5. The van der Waals surface area contributed by atoms with Crippen molar-refractivity contribution in [3.05, 3.63) is 29.2 Å². The van der Waals surface area contributed by atoms with E-state index >= 15 is 0 Å². The molecule has 2 heterocycles. The van der Waals surface area contributed by atoms with Gasteiger partial charge in [0, 0.05) is 24.2 Å². The molecule has 0 bridgehead atoms. The number of thiazole rings is 1. The molecule has 3 atom stereocenters. The van der Waals surface area contributed by atoms with Crippen molar-refractivity contribution < 1.29 is 9.47 Å². The molecule has 0 amide bonds. The normalized spacial score (nSPS) is 31.3. The fourth-order valence-electron chi connectivity index (χ4n) is 3.06. The number of nitrogens with zero attached hydrogens (tertiary/aromatic N) is 2. The summed E-state index contributed by atoms with van der Waals surface area (Å²) in [7, 11) is 0. The maximum absolute atomic E-state index is 5.94. The highest BCUT2D eigenvalue weighted by Gasteiger charge is 2.43. The van der Waals surface area contributed by atoms with Crippen LogP contribution in [0.5, 0.6) is 0 Å². The minimum Gasteiger partial charge on any atom is -0.373 e. The van der Waals surface area contributed by atoms with Crippen molar-refractivity contribution in [3.63, 3.8) is 0 Å². The van der Waals surface area contributed by atoms with E-state index < -0.39 is 0 Å². The first-order valence-corrected chi connectivity index (χ1v) is 7.73. The van der Waals surface area contributed by atoms with Crippen molar-refractivity contribution in [1.82, 2.24) is 9.88 Å². The van der Waals surface area contributed by atoms with Crippen molar-refractivity contribution in [2.75, 3.05) is 19.8 Å². The molecule has 0 aromatic carbocycles. The molecule has 1 saturated carbocycles. The first kappa shape index (κ1) is 13.2. The van der Waals surface area contributed by atoms with Gasteiger partial charge in [0.25, 0.3) is 0 Å². The van der Waals surface area contributed by atoms with Crippen molar-refractivity contribution in [1.29, 1.82) is 0 Å². The summed E-state index contributed by atoms with van der Waals surface area (Å²) < 4.78 is 11.8. The molecule has 0 spiro atoms. The van der Waals surface area contributed by atoms with E-state index in [1.807, 2.05) is 17.7 Å². The zero-order chi connectivity index (χ0) is 13.1. The maximum Gasteiger partial charge on any atom is 0.107 e. The van der Waals surface area contributed by atoms with E-state index in [-0.39, 0.29) is 12.2 Å². The summed E-state index contributed by atoms with van der Waals surface area (Å²) in [6, 6.07) is 0.479. The van der Waals surface area contributed by atoms with E-state index in [1.54, 1.807) is 11.3 Å². The third-order valence-electron chi connectivity index (χ3n) is 3.90. The maximum atomic E-state index is 5.94. The second kappa shape index (κ2) is 6.13. The number of morpholine rings is 1. The molecular weight excluding hydrogens is 260 g/mol. The van der Waals surface area contributed by atoms with Gasteiger partial charge in [-0.25, -0.2) is 4.98 Å². The Morgan fingerprint density at radius 1 is 1.58 bits per heavy atom. The Bertz CT molecular complexity index is 410. The zero-order valence-electron chi connectivity index (χ0n) is 11.0. The monoisotopic (exact) mass is 280 g/mol. The highest BCUT2D eigenvalue weighted by atomic mass is 32.1. The van der Waals surface area contributed by atoms with E-state index in [9.17, 15) is 0 Å². The molecule has 1 saturated heterocycles. The van der Waals surface area contributed by atoms with Gasteiger partial charge in [0.05, 0.1) is 32.0 Å². The lowest BCUT2D eigenvalue weighted by molar-refractivity contribution is -0.111. The molecule has 1 aliphatic heterocycles. The Labute approximate surface area is 118 Å². The molecule has 4 nitrogen and oxygen atoms in total. The van der Waals surface area contributed by atoms with Crippen LogP contribution in [0.2, 0.25) is 0 Å². The molecule has 3 rings (SSSR count). The molecular formula is C14H20N2O2S. The molecule has 0 unspecified atom stereocenters. The van der Waals surface area contributed by atoms with Crippen molar-refractivity contribution in [3.8, 4) is 0 Å². The minimum absolute atomic E-state index is 0.216. The fourth-order valence-corrected chi connectivity index (χ4v) is 3.70. The van der Waals surface area contributed by atoms with Gasteiger partial charge in [0.1, 0.15) is 5.01 Å². The van der Waals surface area contributed by atoms with Crippen LogP contribution in [0.3, 0.4) is 0 Å². The summed E-state index contributed by atoms with van der Waals surface area (Å²) in [5.74, 6) is 0. The largest absolute Gasteiger partial charge is 0.373 e. The highest BCUT2D eigenvalue weighted by Crippen LogP contribution is 2.33. The smallest absolute Gasteiger partial charge is 0.107 e. The van der Waals surface area contributed by atoms with Gasteiger partial charge >= 0.3 is 0 Å². The molecule has 1 aliphatic carbocycles.